The minimum Gasteiger partial charge on any atom is -0.309 e. The number of hydrogen-bond acceptors (Lipinski definition) is 4. The second-order valence-electron chi connectivity index (χ2n) is 4.52. The summed E-state index contributed by atoms with van der Waals surface area (Å²) in [4.78, 5) is 7.00. The molecule has 3 nitrogen and oxygen atoms in total. The molecular formula is C11H19N3S. The first-order valence-electron chi connectivity index (χ1n) is 5.53. The molecular weight excluding hydrogens is 206 g/mol. The highest BCUT2D eigenvalue weighted by Gasteiger charge is 2.21. The number of rotatable bonds is 2. The fraction of sp³-hybridized carbons (Fsp3) is 0.727. The zero-order valence-electron chi connectivity index (χ0n) is 9.66. The van der Waals surface area contributed by atoms with Gasteiger partial charge in [0.05, 0.1) is 10.7 Å². The monoisotopic (exact) mass is 225 g/mol. The molecule has 0 saturated carbocycles. The molecule has 2 atom stereocenters. The molecule has 1 aliphatic rings. The summed E-state index contributed by atoms with van der Waals surface area (Å²) in [5, 5.41) is 6.88. The van der Waals surface area contributed by atoms with Crippen molar-refractivity contribution >= 4 is 11.3 Å². The van der Waals surface area contributed by atoms with Gasteiger partial charge in [0.2, 0.25) is 0 Å². The number of aromatic nitrogens is 1. The van der Waals surface area contributed by atoms with Crippen LogP contribution in [0.5, 0.6) is 0 Å². The van der Waals surface area contributed by atoms with Crippen molar-refractivity contribution in [3.8, 4) is 0 Å². The van der Waals surface area contributed by atoms with E-state index in [9.17, 15) is 0 Å². The van der Waals surface area contributed by atoms with Crippen LogP contribution in [0.4, 0.5) is 0 Å². The molecule has 0 spiro atoms. The van der Waals surface area contributed by atoms with Crippen LogP contribution in [0.15, 0.2) is 5.38 Å². The number of nitrogens with one attached hydrogen (secondary N) is 1. The summed E-state index contributed by atoms with van der Waals surface area (Å²) in [5.41, 5.74) is 1.22. The molecule has 1 aliphatic heterocycles. The van der Waals surface area contributed by atoms with Gasteiger partial charge in [-0.2, -0.15) is 0 Å². The largest absolute Gasteiger partial charge is 0.309 e. The van der Waals surface area contributed by atoms with Crippen molar-refractivity contribution in [2.45, 2.75) is 39.4 Å². The lowest BCUT2D eigenvalue weighted by Gasteiger charge is -2.35. The predicted molar refractivity (Wildman–Crippen MR) is 64.2 cm³/mol. The third-order valence-electron chi connectivity index (χ3n) is 2.69. The third-order valence-corrected chi connectivity index (χ3v) is 3.51. The first kappa shape index (κ1) is 11.0. The van der Waals surface area contributed by atoms with E-state index in [0.29, 0.717) is 12.1 Å². The highest BCUT2D eigenvalue weighted by molar-refractivity contribution is 7.09. The van der Waals surface area contributed by atoms with Gasteiger partial charge in [0.25, 0.3) is 0 Å². The van der Waals surface area contributed by atoms with E-state index in [1.54, 1.807) is 11.3 Å². The van der Waals surface area contributed by atoms with Crippen LogP contribution in [-0.4, -0.2) is 35.1 Å². The van der Waals surface area contributed by atoms with E-state index in [-0.39, 0.29) is 0 Å². The zero-order valence-corrected chi connectivity index (χ0v) is 10.5. The average Bonchev–Trinajstić information content (AvgIpc) is 2.49. The van der Waals surface area contributed by atoms with Crippen LogP contribution in [0.2, 0.25) is 0 Å². The smallest absolute Gasteiger partial charge is 0.0897 e. The number of piperazine rings is 1. The Balaban J connectivity index is 1.94. The minimum absolute atomic E-state index is 0.591. The lowest BCUT2D eigenvalue weighted by atomic mass is 10.1. The minimum atomic E-state index is 0.591. The fourth-order valence-electron chi connectivity index (χ4n) is 2.28. The van der Waals surface area contributed by atoms with Crippen molar-refractivity contribution in [3.05, 3.63) is 16.1 Å². The van der Waals surface area contributed by atoms with Crippen LogP contribution in [0, 0.1) is 6.92 Å². The van der Waals surface area contributed by atoms with Gasteiger partial charge in [-0.1, -0.05) is 0 Å². The summed E-state index contributed by atoms with van der Waals surface area (Å²) >= 11 is 1.74. The Kier molecular flexibility index (Phi) is 3.38. The van der Waals surface area contributed by atoms with Crippen LogP contribution in [-0.2, 0) is 6.54 Å². The summed E-state index contributed by atoms with van der Waals surface area (Å²) in [7, 11) is 0. The maximum absolute atomic E-state index is 4.51. The Labute approximate surface area is 95.5 Å². The van der Waals surface area contributed by atoms with E-state index in [1.165, 1.54) is 10.7 Å². The van der Waals surface area contributed by atoms with Crippen LogP contribution in [0.25, 0.3) is 0 Å². The standard InChI is InChI=1S/C11H19N3S/c1-8-4-14(5-9(2)12-8)6-11-7-15-10(3)13-11/h7-9,12H,4-6H2,1-3H3. The van der Waals surface area contributed by atoms with Crippen molar-refractivity contribution in [1.29, 1.82) is 0 Å². The number of hydrogen-bond donors (Lipinski definition) is 1. The van der Waals surface area contributed by atoms with Crippen molar-refractivity contribution in [1.82, 2.24) is 15.2 Å². The number of nitrogens with zero attached hydrogens (tertiary/aromatic N) is 2. The van der Waals surface area contributed by atoms with E-state index in [1.807, 2.05) is 0 Å². The third kappa shape index (κ3) is 3.00. The van der Waals surface area contributed by atoms with E-state index < -0.39 is 0 Å². The normalized spacial score (nSPS) is 28.2. The van der Waals surface area contributed by atoms with Gasteiger partial charge < -0.3 is 5.32 Å². The van der Waals surface area contributed by atoms with E-state index in [0.717, 1.165) is 19.6 Å². The molecule has 0 aliphatic carbocycles. The first-order chi connectivity index (χ1) is 7.13. The molecule has 1 N–H and O–H groups in total. The Morgan fingerprint density at radius 3 is 2.67 bits per heavy atom. The van der Waals surface area contributed by atoms with Gasteiger partial charge in [0.15, 0.2) is 0 Å². The maximum atomic E-state index is 4.51. The highest BCUT2D eigenvalue weighted by Crippen LogP contribution is 2.12. The molecule has 2 rings (SSSR count). The van der Waals surface area contributed by atoms with Crippen molar-refractivity contribution in [2.75, 3.05) is 13.1 Å². The molecule has 0 bridgehead atoms. The molecule has 1 aromatic rings. The molecule has 1 saturated heterocycles. The predicted octanol–water partition coefficient (Wildman–Crippen LogP) is 1.63. The molecule has 4 heteroatoms. The van der Waals surface area contributed by atoms with Gasteiger partial charge in [-0.3, -0.25) is 4.90 Å². The SMILES string of the molecule is Cc1nc(CN2CC(C)NC(C)C2)cs1. The van der Waals surface area contributed by atoms with Crippen molar-refractivity contribution in [3.63, 3.8) is 0 Å². The zero-order chi connectivity index (χ0) is 10.8. The van der Waals surface area contributed by atoms with Crippen LogP contribution in [0.1, 0.15) is 24.5 Å². The Bertz CT molecular complexity index is 313. The van der Waals surface area contributed by atoms with E-state index in [2.05, 4.69) is 41.4 Å². The summed E-state index contributed by atoms with van der Waals surface area (Å²) in [6.07, 6.45) is 0. The summed E-state index contributed by atoms with van der Waals surface area (Å²) in [6, 6.07) is 1.18. The second-order valence-corrected chi connectivity index (χ2v) is 5.58. The van der Waals surface area contributed by atoms with Crippen LogP contribution in [0.3, 0.4) is 0 Å². The average molecular weight is 225 g/mol. The summed E-state index contributed by atoms with van der Waals surface area (Å²) < 4.78 is 0. The summed E-state index contributed by atoms with van der Waals surface area (Å²) in [6.45, 7) is 9.81. The van der Waals surface area contributed by atoms with Gasteiger partial charge in [-0.15, -0.1) is 11.3 Å². The van der Waals surface area contributed by atoms with Crippen molar-refractivity contribution in [2.24, 2.45) is 0 Å². The molecule has 0 radical (unpaired) electrons. The topological polar surface area (TPSA) is 28.2 Å². The number of thiazole rings is 1. The second kappa shape index (κ2) is 4.60. The molecule has 2 unspecified atom stereocenters. The quantitative estimate of drug-likeness (QED) is 0.829. The maximum Gasteiger partial charge on any atom is 0.0897 e. The van der Waals surface area contributed by atoms with Crippen molar-refractivity contribution < 1.29 is 0 Å². The van der Waals surface area contributed by atoms with Gasteiger partial charge in [-0.05, 0) is 20.8 Å². The molecule has 0 aromatic carbocycles. The molecule has 2 heterocycles. The first-order valence-corrected chi connectivity index (χ1v) is 6.41. The molecule has 15 heavy (non-hydrogen) atoms. The van der Waals surface area contributed by atoms with Gasteiger partial charge in [0.1, 0.15) is 0 Å². The fourth-order valence-corrected chi connectivity index (χ4v) is 2.88. The summed E-state index contributed by atoms with van der Waals surface area (Å²) in [5.74, 6) is 0. The van der Waals surface area contributed by atoms with Gasteiger partial charge in [-0.25, -0.2) is 4.98 Å². The number of aryl methyl sites for hydroxylation is 1. The molecule has 1 fully saturated rings. The van der Waals surface area contributed by atoms with E-state index in [4.69, 9.17) is 0 Å². The Morgan fingerprint density at radius 2 is 2.13 bits per heavy atom. The van der Waals surface area contributed by atoms with Crippen LogP contribution < -0.4 is 5.32 Å². The lowest BCUT2D eigenvalue weighted by molar-refractivity contribution is 0.165. The van der Waals surface area contributed by atoms with Crippen LogP contribution >= 0.6 is 11.3 Å². The lowest BCUT2D eigenvalue weighted by Crippen LogP contribution is -2.53. The molecule has 84 valence electrons. The Hall–Kier alpha value is -0.450. The van der Waals surface area contributed by atoms with Gasteiger partial charge >= 0.3 is 0 Å². The highest BCUT2D eigenvalue weighted by atomic mass is 32.1. The Morgan fingerprint density at radius 1 is 1.47 bits per heavy atom. The molecule has 0 amide bonds. The van der Waals surface area contributed by atoms with Gasteiger partial charge in [0, 0.05) is 37.1 Å². The molecule has 1 aromatic heterocycles. The van der Waals surface area contributed by atoms with E-state index >= 15 is 0 Å².